The summed E-state index contributed by atoms with van der Waals surface area (Å²) in [6.07, 6.45) is 3.35. The van der Waals surface area contributed by atoms with Crippen molar-refractivity contribution in [3.05, 3.63) is 126 Å². The van der Waals surface area contributed by atoms with Gasteiger partial charge >= 0.3 is 0 Å². The van der Waals surface area contributed by atoms with Crippen LogP contribution in [0.5, 0.6) is 0 Å². The van der Waals surface area contributed by atoms with Gasteiger partial charge in [0.1, 0.15) is 6.17 Å². The zero-order valence-corrected chi connectivity index (χ0v) is 18.8. The lowest BCUT2D eigenvalue weighted by atomic mass is 10.0. The molecular weight excluding hydrogens is 388 g/mol. The van der Waals surface area contributed by atoms with Crippen molar-refractivity contribution in [2.45, 2.75) is 38.9 Å². The minimum Gasteiger partial charge on any atom is -0.348 e. The van der Waals surface area contributed by atoms with Crippen LogP contribution in [0, 0.1) is 0 Å². The fraction of sp³-hybridized carbons (Fsp3) is 0.200. The standard InChI is InChI=1S/C30H32N2/c1-2-3-10-24-15-21-28(22-16-24)30(31)32(29-13-8-5-9-14-29)23-25-17-19-27(20-18-25)26-11-6-4-7-12-26/h4-9,11-22,30H,2-3,10,23,31H2,1H3. The maximum atomic E-state index is 6.82. The van der Waals surface area contributed by atoms with Crippen molar-refractivity contribution in [2.75, 3.05) is 4.90 Å². The molecule has 1 atom stereocenters. The van der Waals surface area contributed by atoms with Crippen LogP contribution in [0.3, 0.4) is 0 Å². The second-order valence-corrected chi connectivity index (χ2v) is 8.32. The van der Waals surface area contributed by atoms with Gasteiger partial charge in [-0.3, -0.25) is 0 Å². The van der Waals surface area contributed by atoms with E-state index in [1.165, 1.54) is 35.1 Å². The SMILES string of the molecule is CCCCc1ccc(C(N)N(Cc2ccc(-c3ccccc3)cc2)c2ccccc2)cc1. The van der Waals surface area contributed by atoms with Crippen molar-refractivity contribution >= 4 is 5.69 Å². The first kappa shape index (κ1) is 21.9. The van der Waals surface area contributed by atoms with Crippen molar-refractivity contribution in [1.29, 1.82) is 0 Å². The Hall–Kier alpha value is -3.36. The lowest BCUT2D eigenvalue weighted by Crippen LogP contribution is -2.34. The lowest BCUT2D eigenvalue weighted by molar-refractivity contribution is 0.642. The van der Waals surface area contributed by atoms with E-state index in [4.69, 9.17) is 5.73 Å². The lowest BCUT2D eigenvalue weighted by Gasteiger charge is -2.32. The molecule has 0 spiro atoms. The molecule has 32 heavy (non-hydrogen) atoms. The van der Waals surface area contributed by atoms with Crippen LogP contribution >= 0.6 is 0 Å². The molecule has 0 bridgehead atoms. The number of para-hydroxylation sites is 1. The normalized spacial score (nSPS) is 11.8. The van der Waals surface area contributed by atoms with E-state index in [0.717, 1.165) is 24.2 Å². The fourth-order valence-electron chi connectivity index (χ4n) is 4.04. The third kappa shape index (κ3) is 5.46. The molecule has 0 radical (unpaired) electrons. The molecule has 4 aromatic carbocycles. The van der Waals surface area contributed by atoms with Gasteiger partial charge in [0.25, 0.3) is 0 Å². The van der Waals surface area contributed by atoms with Crippen LogP contribution in [0.25, 0.3) is 11.1 Å². The van der Waals surface area contributed by atoms with Gasteiger partial charge in [-0.1, -0.05) is 110 Å². The van der Waals surface area contributed by atoms with Crippen LogP contribution in [0.1, 0.15) is 42.6 Å². The molecule has 162 valence electrons. The van der Waals surface area contributed by atoms with Gasteiger partial charge in [-0.15, -0.1) is 0 Å². The van der Waals surface area contributed by atoms with E-state index in [1.54, 1.807) is 0 Å². The molecule has 2 nitrogen and oxygen atoms in total. The van der Waals surface area contributed by atoms with Gasteiger partial charge in [0.2, 0.25) is 0 Å². The van der Waals surface area contributed by atoms with Crippen molar-refractivity contribution in [1.82, 2.24) is 0 Å². The summed E-state index contributed by atoms with van der Waals surface area (Å²) >= 11 is 0. The van der Waals surface area contributed by atoms with Crippen LogP contribution in [-0.4, -0.2) is 0 Å². The minimum atomic E-state index is -0.216. The highest BCUT2D eigenvalue weighted by molar-refractivity contribution is 5.63. The van der Waals surface area contributed by atoms with Gasteiger partial charge in [-0.25, -0.2) is 0 Å². The predicted molar refractivity (Wildman–Crippen MR) is 136 cm³/mol. The zero-order chi connectivity index (χ0) is 22.2. The summed E-state index contributed by atoms with van der Waals surface area (Å²) in [5.41, 5.74) is 14.2. The number of nitrogens with two attached hydrogens (primary N) is 1. The number of nitrogens with zero attached hydrogens (tertiary/aromatic N) is 1. The summed E-state index contributed by atoms with van der Waals surface area (Å²) < 4.78 is 0. The predicted octanol–water partition coefficient (Wildman–Crippen LogP) is 7.36. The Morgan fingerprint density at radius 1 is 0.656 bits per heavy atom. The van der Waals surface area contributed by atoms with E-state index < -0.39 is 0 Å². The van der Waals surface area contributed by atoms with Gasteiger partial charge in [0.15, 0.2) is 0 Å². The molecule has 2 N–H and O–H groups in total. The van der Waals surface area contributed by atoms with Gasteiger partial charge in [0, 0.05) is 12.2 Å². The molecule has 0 aliphatic rings. The summed E-state index contributed by atoms with van der Waals surface area (Å²) in [7, 11) is 0. The number of unbranched alkanes of at least 4 members (excludes halogenated alkanes) is 1. The monoisotopic (exact) mass is 420 g/mol. The molecule has 0 saturated carbocycles. The largest absolute Gasteiger partial charge is 0.348 e. The molecule has 0 heterocycles. The highest BCUT2D eigenvalue weighted by Crippen LogP contribution is 2.27. The zero-order valence-electron chi connectivity index (χ0n) is 18.8. The summed E-state index contributed by atoms with van der Waals surface area (Å²) in [5, 5.41) is 0. The maximum Gasteiger partial charge on any atom is 0.104 e. The van der Waals surface area contributed by atoms with Gasteiger partial charge in [-0.2, -0.15) is 0 Å². The molecule has 4 aromatic rings. The van der Waals surface area contributed by atoms with Crippen molar-refractivity contribution in [2.24, 2.45) is 5.73 Å². The Morgan fingerprint density at radius 3 is 1.84 bits per heavy atom. The second-order valence-electron chi connectivity index (χ2n) is 8.32. The topological polar surface area (TPSA) is 29.3 Å². The van der Waals surface area contributed by atoms with Crippen LogP contribution in [0.4, 0.5) is 5.69 Å². The summed E-state index contributed by atoms with van der Waals surface area (Å²) in [6, 6.07) is 38.6. The Kier molecular flexibility index (Phi) is 7.37. The average molecular weight is 421 g/mol. The smallest absolute Gasteiger partial charge is 0.104 e. The summed E-state index contributed by atoms with van der Waals surface area (Å²) in [5.74, 6) is 0. The van der Waals surface area contributed by atoms with Gasteiger partial charge in [0.05, 0.1) is 0 Å². The Bertz CT molecular complexity index is 1070. The highest BCUT2D eigenvalue weighted by Gasteiger charge is 2.17. The summed E-state index contributed by atoms with van der Waals surface area (Å²) in [4.78, 5) is 2.28. The average Bonchev–Trinajstić information content (AvgIpc) is 2.87. The highest BCUT2D eigenvalue weighted by atomic mass is 15.2. The summed E-state index contributed by atoms with van der Waals surface area (Å²) in [6.45, 7) is 2.98. The molecule has 0 aromatic heterocycles. The Labute approximate surface area is 192 Å². The van der Waals surface area contributed by atoms with E-state index >= 15 is 0 Å². The van der Waals surface area contributed by atoms with E-state index in [-0.39, 0.29) is 6.17 Å². The third-order valence-electron chi connectivity index (χ3n) is 5.98. The molecule has 0 amide bonds. The maximum absolute atomic E-state index is 6.82. The molecule has 2 heteroatoms. The number of aryl methyl sites for hydroxylation is 1. The molecule has 1 unspecified atom stereocenters. The number of anilines is 1. The van der Waals surface area contributed by atoms with Crippen molar-refractivity contribution < 1.29 is 0 Å². The van der Waals surface area contributed by atoms with E-state index in [1.807, 2.05) is 12.1 Å². The van der Waals surface area contributed by atoms with E-state index in [9.17, 15) is 0 Å². The number of benzene rings is 4. The van der Waals surface area contributed by atoms with Crippen LogP contribution in [-0.2, 0) is 13.0 Å². The number of hydrogen-bond donors (Lipinski definition) is 1. The number of hydrogen-bond acceptors (Lipinski definition) is 2. The van der Waals surface area contributed by atoms with Crippen LogP contribution in [0.15, 0.2) is 109 Å². The number of rotatable bonds is 9. The van der Waals surface area contributed by atoms with Gasteiger partial charge in [-0.05, 0) is 52.8 Å². The van der Waals surface area contributed by atoms with E-state index in [2.05, 4.69) is 109 Å². The molecular formula is C30H32N2. The van der Waals surface area contributed by atoms with Crippen molar-refractivity contribution in [3.8, 4) is 11.1 Å². The van der Waals surface area contributed by atoms with Gasteiger partial charge < -0.3 is 10.6 Å². The first-order valence-corrected chi connectivity index (χ1v) is 11.5. The Balaban J connectivity index is 1.56. The fourth-order valence-corrected chi connectivity index (χ4v) is 4.04. The first-order valence-electron chi connectivity index (χ1n) is 11.5. The van der Waals surface area contributed by atoms with Crippen molar-refractivity contribution in [3.63, 3.8) is 0 Å². The quantitative estimate of drug-likeness (QED) is 0.287. The molecule has 0 aliphatic carbocycles. The first-order chi connectivity index (χ1) is 15.7. The van der Waals surface area contributed by atoms with Crippen LogP contribution < -0.4 is 10.6 Å². The van der Waals surface area contributed by atoms with E-state index in [0.29, 0.717) is 0 Å². The van der Waals surface area contributed by atoms with Crippen LogP contribution in [0.2, 0.25) is 0 Å². The third-order valence-corrected chi connectivity index (χ3v) is 5.98. The molecule has 0 saturated heterocycles. The minimum absolute atomic E-state index is 0.216. The molecule has 0 fully saturated rings. The second kappa shape index (κ2) is 10.8. The Morgan fingerprint density at radius 2 is 1.22 bits per heavy atom. The molecule has 0 aliphatic heterocycles. The molecule has 4 rings (SSSR count).